The van der Waals surface area contributed by atoms with Crippen molar-refractivity contribution in [3.63, 3.8) is 0 Å². The van der Waals surface area contributed by atoms with Gasteiger partial charge in [-0.25, -0.2) is 4.39 Å². The second kappa shape index (κ2) is 8.01. The van der Waals surface area contributed by atoms with E-state index in [9.17, 15) is 14.0 Å². The molecule has 6 heteroatoms. The van der Waals surface area contributed by atoms with Crippen molar-refractivity contribution in [2.24, 2.45) is 0 Å². The largest absolute Gasteiger partial charge is 0.322 e. The molecular weight excluding hydrogens is 351 g/mol. The van der Waals surface area contributed by atoms with Crippen LogP contribution in [0.4, 0.5) is 10.1 Å². The Hall–Kier alpha value is -2.86. The molecule has 0 atom stereocenters. The minimum Gasteiger partial charge on any atom is -0.322 e. The average molecular weight is 368 g/mol. The SMILES string of the molecule is CSc1cccc(NC(=O)c2ccc(=O)n(Cc3ccccc3F)c2)c1. The Bertz CT molecular complexity index is 1000. The minimum absolute atomic E-state index is 0.0641. The lowest BCUT2D eigenvalue weighted by Gasteiger charge is -2.10. The molecule has 0 fully saturated rings. The summed E-state index contributed by atoms with van der Waals surface area (Å²) in [4.78, 5) is 25.6. The maximum atomic E-state index is 13.8. The fourth-order valence-corrected chi connectivity index (χ4v) is 2.96. The fraction of sp³-hybridized carbons (Fsp3) is 0.100. The zero-order chi connectivity index (χ0) is 18.5. The van der Waals surface area contributed by atoms with Crippen LogP contribution in [0, 0.1) is 5.82 Å². The number of pyridine rings is 1. The first-order valence-corrected chi connectivity index (χ1v) is 9.18. The summed E-state index contributed by atoms with van der Waals surface area (Å²) >= 11 is 1.58. The molecule has 0 radical (unpaired) electrons. The van der Waals surface area contributed by atoms with Crippen molar-refractivity contribution in [2.45, 2.75) is 11.4 Å². The van der Waals surface area contributed by atoms with Crippen molar-refractivity contribution >= 4 is 23.4 Å². The van der Waals surface area contributed by atoms with E-state index in [2.05, 4.69) is 5.32 Å². The molecule has 0 bridgehead atoms. The molecule has 0 aliphatic carbocycles. The highest BCUT2D eigenvalue weighted by Crippen LogP contribution is 2.19. The molecule has 0 unspecified atom stereocenters. The van der Waals surface area contributed by atoms with Crippen LogP contribution < -0.4 is 10.9 Å². The van der Waals surface area contributed by atoms with Crippen LogP contribution in [0.2, 0.25) is 0 Å². The van der Waals surface area contributed by atoms with E-state index in [1.165, 1.54) is 29.0 Å². The number of rotatable bonds is 5. The molecule has 1 N–H and O–H groups in total. The Balaban J connectivity index is 1.83. The quantitative estimate of drug-likeness (QED) is 0.693. The van der Waals surface area contributed by atoms with Gasteiger partial charge in [0, 0.05) is 28.4 Å². The molecule has 0 aliphatic heterocycles. The Morgan fingerprint density at radius 3 is 2.69 bits per heavy atom. The number of thioether (sulfide) groups is 1. The molecular formula is C20H17FN2O2S. The second-order valence-electron chi connectivity index (χ2n) is 5.66. The van der Waals surface area contributed by atoms with E-state index in [0.29, 0.717) is 16.8 Å². The number of amides is 1. The number of carbonyl (C=O) groups is 1. The number of anilines is 1. The van der Waals surface area contributed by atoms with Gasteiger partial charge in [-0.15, -0.1) is 11.8 Å². The van der Waals surface area contributed by atoms with Crippen molar-refractivity contribution in [1.29, 1.82) is 0 Å². The highest BCUT2D eigenvalue weighted by molar-refractivity contribution is 7.98. The van der Waals surface area contributed by atoms with Crippen LogP contribution in [0.5, 0.6) is 0 Å². The lowest BCUT2D eigenvalue weighted by atomic mass is 10.2. The van der Waals surface area contributed by atoms with Crippen molar-refractivity contribution in [1.82, 2.24) is 4.57 Å². The number of aromatic nitrogens is 1. The van der Waals surface area contributed by atoms with Gasteiger partial charge in [-0.3, -0.25) is 9.59 Å². The van der Waals surface area contributed by atoms with E-state index in [4.69, 9.17) is 0 Å². The number of benzene rings is 2. The zero-order valence-corrected chi connectivity index (χ0v) is 14.9. The molecule has 132 valence electrons. The van der Waals surface area contributed by atoms with Crippen LogP contribution in [0.25, 0.3) is 0 Å². The zero-order valence-electron chi connectivity index (χ0n) is 14.1. The monoisotopic (exact) mass is 368 g/mol. The number of carbonyl (C=O) groups excluding carboxylic acids is 1. The van der Waals surface area contributed by atoms with Crippen molar-refractivity contribution in [3.05, 3.63) is 94.2 Å². The van der Waals surface area contributed by atoms with E-state index >= 15 is 0 Å². The van der Waals surface area contributed by atoms with Gasteiger partial charge in [-0.05, 0) is 36.6 Å². The third-order valence-corrected chi connectivity index (χ3v) is 4.60. The van der Waals surface area contributed by atoms with Crippen LogP contribution in [-0.2, 0) is 6.54 Å². The molecule has 3 aromatic rings. The van der Waals surface area contributed by atoms with Crippen LogP contribution in [-0.4, -0.2) is 16.7 Å². The summed E-state index contributed by atoms with van der Waals surface area (Å²) in [6.45, 7) is 0.0641. The first-order valence-electron chi connectivity index (χ1n) is 7.96. The van der Waals surface area contributed by atoms with Gasteiger partial charge in [-0.1, -0.05) is 24.3 Å². The van der Waals surface area contributed by atoms with Crippen molar-refractivity contribution < 1.29 is 9.18 Å². The number of halogens is 1. The first-order chi connectivity index (χ1) is 12.6. The van der Waals surface area contributed by atoms with Gasteiger partial charge in [-0.2, -0.15) is 0 Å². The Labute approximate surface area is 154 Å². The summed E-state index contributed by atoms with van der Waals surface area (Å²) < 4.78 is 15.2. The van der Waals surface area contributed by atoms with E-state index in [1.54, 1.807) is 36.0 Å². The lowest BCUT2D eigenvalue weighted by Crippen LogP contribution is -2.23. The summed E-state index contributed by atoms with van der Waals surface area (Å²) in [5.74, 6) is -0.714. The van der Waals surface area contributed by atoms with E-state index in [1.807, 2.05) is 24.5 Å². The predicted molar refractivity (Wildman–Crippen MR) is 102 cm³/mol. The Kier molecular flexibility index (Phi) is 5.53. The fourth-order valence-electron chi connectivity index (χ4n) is 2.50. The van der Waals surface area contributed by atoms with Gasteiger partial charge < -0.3 is 9.88 Å². The van der Waals surface area contributed by atoms with E-state index in [-0.39, 0.29) is 23.8 Å². The third kappa shape index (κ3) is 4.21. The summed E-state index contributed by atoms with van der Waals surface area (Å²) in [7, 11) is 0. The highest BCUT2D eigenvalue weighted by atomic mass is 32.2. The maximum absolute atomic E-state index is 13.8. The van der Waals surface area contributed by atoms with E-state index < -0.39 is 0 Å². The normalized spacial score (nSPS) is 10.5. The number of hydrogen-bond acceptors (Lipinski definition) is 3. The van der Waals surface area contributed by atoms with Gasteiger partial charge in [0.05, 0.1) is 12.1 Å². The van der Waals surface area contributed by atoms with Gasteiger partial charge >= 0.3 is 0 Å². The minimum atomic E-state index is -0.386. The Morgan fingerprint density at radius 2 is 1.92 bits per heavy atom. The maximum Gasteiger partial charge on any atom is 0.257 e. The Morgan fingerprint density at radius 1 is 1.12 bits per heavy atom. The van der Waals surface area contributed by atoms with Crippen molar-refractivity contribution in [2.75, 3.05) is 11.6 Å². The topological polar surface area (TPSA) is 51.1 Å². The van der Waals surface area contributed by atoms with Crippen LogP contribution in [0.15, 0.2) is 76.6 Å². The standard InChI is InChI=1S/C20H17FN2O2S/c1-26-17-7-4-6-16(11-17)22-20(25)15-9-10-19(24)23(13-15)12-14-5-2-3-8-18(14)21/h2-11,13H,12H2,1H3,(H,22,25). The lowest BCUT2D eigenvalue weighted by molar-refractivity contribution is 0.102. The average Bonchev–Trinajstić information content (AvgIpc) is 2.65. The molecule has 26 heavy (non-hydrogen) atoms. The van der Waals surface area contributed by atoms with E-state index in [0.717, 1.165) is 4.90 Å². The van der Waals surface area contributed by atoms with Gasteiger partial charge in [0.25, 0.3) is 11.5 Å². The van der Waals surface area contributed by atoms with Gasteiger partial charge in [0.2, 0.25) is 0 Å². The molecule has 0 aliphatic rings. The molecule has 1 aromatic heterocycles. The molecule has 0 spiro atoms. The predicted octanol–water partition coefficient (Wildman–Crippen LogP) is 4.01. The first kappa shape index (κ1) is 17.9. The third-order valence-electron chi connectivity index (χ3n) is 3.87. The molecule has 0 saturated heterocycles. The molecule has 1 amide bonds. The summed E-state index contributed by atoms with van der Waals surface area (Å²) in [5, 5.41) is 2.81. The number of hydrogen-bond donors (Lipinski definition) is 1. The molecule has 3 rings (SSSR count). The molecule has 4 nitrogen and oxygen atoms in total. The summed E-state index contributed by atoms with van der Waals surface area (Å²) in [6.07, 6.45) is 3.40. The number of nitrogens with zero attached hydrogens (tertiary/aromatic N) is 1. The molecule has 0 saturated carbocycles. The summed E-state index contributed by atoms with van der Waals surface area (Å²) in [5.41, 5.74) is 1.10. The van der Waals surface area contributed by atoms with Crippen molar-refractivity contribution in [3.8, 4) is 0 Å². The van der Waals surface area contributed by atoms with Crippen LogP contribution in [0.3, 0.4) is 0 Å². The van der Waals surface area contributed by atoms with Gasteiger partial charge in [0.1, 0.15) is 5.82 Å². The smallest absolute Gasteiger partial charge is 0.257 e. The van der Waals surface area contributed by atoms with Gasteiger partial charge in [0.15, 0.2) is 0 Å². The number of nitrogens with one attached hydrogen (secondary N) is 1. The van der Waals surface area contributed by atoms with Crippen LogP contribution >= 0.6 is 11.8 Å². The molecule has 2 aromatic carbocycles. The van der Waals surface area contributed by atoms with Crippen LogP contribution in [0.1, 0.15) is 15.9 Å². The highest BCUT2D eigenvalue weighted by Gasteiger charge is 2.10. The summed E-state index contributed by atoms with van der Waals surface area (Å²) in [6, 6.07) is 16.5. The molecule has 1 heterocycles. The second-order valence-corrected chi connectivity index (χ2v) is 6.54.